The van der Waals surface area contributed by atoms with E-state index in [4.69, 9.17) is 11.5 Å². The van der Waals surface area contributed by atoms with Gasteiger partial charge in [0.05, 0.1) is 11.1 Å². The van der Waals surface area contributed by atoms with Gasteiger partial charge in [-0.25, -0.2) is 0 Å². The summed E-state index contributed by atoms with van der Waals surface area (Å²) in [6, 6.07) is 9.96. The molecule has 0 saturated heterocycles. The lowest BCUT2D eigenvalue weighted by Crippen LogP contribution is -2.37. The third-order valence-corrected chi connectivity index (χ3v) is 3.97. The number of benzene rings is 2. The highest BCUT2D eigenvalue weighted by Crippen LogP contribution is 2.22. The normalized spacial score (nSPS) is 12.7. The van der Waals surface area contributed by atoms with Gasteiger partial charge in [-0.3, -0.25) is 28.9 Å². The van der Waals surface area contributed by atoms with Crippen molar-refractivity contribution in [2.24, 2.45) is 11.5 Å². The number of amides is 5. The predicted octanol–water partition coefficient (Wildman–Crippen LogP) is 0.119. The van der Waals surface area contributed by atoms with E-state index in [0.717, 1.165) is 4.90 Å². The molecule has 1 aliphatic rings. The maximum absolute atomic E-state index is 12.3. The van der Waals surface area contributed by atoms with Crippen LogP contribution in [0.3, 0.4) is 0 Å². The number of nitrogens with one attached hydrogen (secondary N) is 1. The minimum atomic E-state index is -0.811. The van der Waals surface area contributed by atoms with E-state index in [-0.39, 0.29) is 27.9 Å². The smallest absolute Gasteiger partial charge is 0.262 e. The average Bonchev–Trinajstić information content (AvgIpc) is 2.86. The number of hydrogen-bond acceptors (Lipinski definition) is 5. The van der Waals surface area contributed by atoms with Crippen LogP contribution in [0.4, 0.5) is 5.69 Å². The molecule has 0 spiro atoms. The summed E-state index contributed by atoms with van der Waals surface area (Å²) >= 11 is 0. The number of nitrogens with zero attached hydrogens (tertiary/aromatic N) is 1. The Hall–Kier alpha value is -4.01. The fraction of sp³-hybridized carbons (Fsp3) is 0.0556. The largest absolute Gasteiger partial charge is 0.366 e. The Kier molecular flexibility index (Phi) is 4.43. The van der Waals surface area contributed by atoms with E-state index in [2.05, 4.69) is 5.32 Å². The van der Waals surface area contributed by atoms with E-state index in [1.165, 1.54) is 30.3 Å². The standard InChI is InChI=1S/C18H14N4O5/c19-15(24)9-5-10(16(20)25)7-11(6-9)21-14(23)8-22-17(26)12-3-1-2-4-13(12)18(22)27/h1-7H,8H2,(H2,19,24)(H2,20,25)(H,21,23). The van der Waals surface area contributed by atoms with E-state index in [9.17, 15) is 24.0 Å². The molecule has 2 aromatic carbocycles. The number of carbonyl (C=O) groups is 5. The van der Waals surface area contributed by atoms with Gasteiger partial charge in [-0.05, 0) is 30.3 Å². The molecule has 9 nitrogen and oxygen atoms in total. The number of carbonyl (C=O) groups excluding carboxylic acids is 5. The van der Waals surface area contributed by atoms with Gasteiger partial charge in [0.15, 0.2) is 0 Å². The van der Waals surface area contributed by atoms with Gasteiger partial charge in [-0.2, -0.15) is 0 Å². The van der Waals surface area contributed by atoms with Crippen LogP contribution in [-0.4, -0.2) is 41.0 Å². The van der Waals surface area contributed by atoms with Gasteiger partial charge < -0.3 is 16.8 Å². The second-order valence-electron chi connectivity index (χ2n) is 5.82. The first-order chi connectivity index (χ1) is 12.8. The van der Waals surface area contributed by atoms with Crippen LogP contribution in [-0.2, 0) is 4.79 Å². The second-order valence-corrected chi connectivity index (χ2v) is 5.82. The van der Waals surface area contributed by atoms with Crippen LogP contribution < -0.4 is 16.8 Å². The Morgan fingerprint density at radius 3 is 1.78 bits per heavy atom. The van der Waals surface area contributed by atoms with Crippen molar-refractivity contribution < 1.29 is 24.0 Å². The molecule has 0 saturated carbocycles. The van der Waals surface area contributed by atoms with Crippen molar-refractivity contribution in [2.75, 3.05) is 11.9 Å². The molecule has 0 bridgehead atoms. The molecule has 0 radical (unpaired) electrons. The fourth-order valence-corrected chi connectivity index (χ4v) is 2.71. The molecular weight excluding hydrogens is 352 g/mol. The van der Waals surface area contributed by atoms with Crippen LogP contribution in [0.15, 0.2) is 42.5 Å². The summed E-state index contributed by atoms with van der Waals surface area (Å²) in [7, 11) is 0. The van der Waals surface area contributed by atoms with Gasteiger partial charge in [0.25, 0.3) is 11.8 Å². The van der Waals surface area contributed by atoms with Crippen LogP contribution in [0, 0.1) is 0 Å². The van der Waals surface area contributed by atoms with E-state index in [1.807, 2.05) is 0 Å². The number of rotatable bonds is 5. The number of hydrogen-bond donors (Lipinski definition) is 3. The molecule has 1 heterocycles. The zero-order valence-electron chi connectivity index (χ0n) is 13.9. The van der Waals surface area contributed by atoms with E-state index in [1.54, 1.807) is 12.1 Å². The summed E-state index contributed by atoms with van der Waals surface area (Å²) in [6.45, 7) is -0.529. The molecule has 0 unspecified atom stereocenters. The van der Waals surface area contributed by atoms with Crippen LogP contribution in [0.2, 0.25) is 0 Å². The first kappa shape index (κ1) is 17.8. The van der Waals surface area contributed by atoms with Gasteiger partial charge in [0.2, 0.25) is 17.7 Å². The zero-order valence-corrected chi connectivity index (χ0v) is 13.9. The minimum Gasteiger partial charge on any atom is -0.366 e. The molecule has 9 heteroatoms. The van der Waals surface area contributed by atoms with Crippen LogP contribution in [0.25, 0.3) is 0 Å². The maximum Gasteiger partial charge on any atom is 0.262 e. The number of imide groups is 1. The minimum absolute atomic E-state index is 0.0256. The van der Waals surface area contributed by atoms with E-state index >= 15 is 0 Å². The SMILES string of the molecule is NC(=O)c1cc(NC(=O)CN2C(=O)c3ccccc3C2=O)cc(C(N)=O)c1. The maximum atomic E-state index is 12.3. The highest BCUT2D eigenvalue weighted by molar-refractivity contribution is 6.22. The van der Waals surface area contributed by atoms with Crippen molar-refractivity contribution in [2.45, 2.75) is 0 Å². The topological polar surface area (TPSA) is 153 Å². The monoisotopic (exact) mass is 366 g/mol. The molecule has 0 aliphatic carbocycles. The highest BCUT2D eigenvalue weighted by Gasteiger charge is 2.36. The van der Waals surface area contributed by atoms with E-state index in [0.29, 0.717) is 0 Å². The summed E-state index contributed by atoms with van der Waals surface area (Å²) in [5.74, 6) is -3.46. The Labute approximate surface area is 152 Å². The molecule has 0 aromatic heterocycles. The molecule has 5 N–H and O–H groups in total. The summed E-state index contributed by atoms with van der Waals surface area (Å²) in [5, 5.41) is 2.43. The number of primary amides is 2. The van der Waals surface area contributed by atoms with Gasteiger partial charge in [0, 0.05) is 16.8 Å². The molecule has 0 atom stereocenters. The van der Waals surface area contributed by atoms with Crippen LogP contribution >= 0.6 is 0 Å². The molecule has 2 aromatic rings. The third kappa shape index (κ3) is 3.38. The molecule has 0 fully saturated rings. The number of nitrogens with two attached hydrogens (primary N) is 2. The Balaban J connectivity index is 1.79. The second kappa shape index (κ2) is 6.71. The number of anilines is 1. The number of fused-ring (bicyclic) bond motifs is 1. The molecule has 27 heavy (non-hydrogen) atoms. The fourth-order valence-electron chi connectivity index (χ4n) is 2.71. The lowest BCUT2D eigenvalue weighted by atomic mass is 10.1. The highest BCUT2D eigenvalue weighted by atomic mass is 16.2. The van der Waals surface area contributed by atoms with Crippen LogP contribution in [0.5, 0.6) is 0 Å². The Morgan fingerprint density at radius 1 is 0.852 bits per heavy atom. The molecule has 1 aliphatic heterocycles. The summed E-state index contributed by atoms with van der Waals surface area (Å²) < 4.78 is 0. The average molecular weight is 366 g/mol. The Morgan fingerprint density at radius 2 is 1.33 bits per heavy atom. The first-order valence-electron chi connectivity index (χ1n) is 7.77. The molecule has 3 rings (SSSR count). The molecular formula is C18H14N4O5. The van der Waals surface area contributed by atoms with Gasteiger partial charge in [-0.15, -0.1) is 0 Å². The summed E-state index contributed by atoms with van der Waals surface area (Å²) in [4.78, 5) is 60.4. The van der Waals surface area contributed by atoms with Gasteiger partial charge >= 0.3 is 0 Å². The van der Waals surface area contributed by atoms with Gasteiger partial charge in [-0.1, -0.05) is 12.1 Å². The van der Waals surface area contributed by atoms with Crippen molar-refractivity contribution in [3.63, 3.8) is 0 Å². The zero-order chi connectivity index (χ0) is 19.7. The van der Waals surface area contributed by atoms with Gasteiger partial charge in [0.1, 0.15) is 6.54 Å². The van der Waals surface area contributed by atoms with Crippen molar-refractivity contribution in [3.05, 3.63) is 64.7 Å². The van der Waals surface area contributed by atoms with E-state index < -0.39 is 36.1 Å². The van der Waals surface area contributed by atoms with Crippen molar-refractivity contribution in [3.8, 4) is 0 Å². The predicted molar refractivity (Wildman–Crippen MR) is 93.9 cm³/mol. The van der Waals surface area contributed by atoms with Crippen molar-refractivity contribution in [1.29, 1.82) is 0 Å². The van der Waals surface area contributed by atoms with Crippen molar-refractivity contribution in [1.82, 2.24) is 4.90 Å². The van der Waals surface area contributed by atoms with Crippen LogP contribution in [0.1, 0.15) is 41.4 Å². The third-order valence-electron chi connectivity index (χ3n) is 3.97. The summed E-state index contributed by atoms with van der Waals surface area (Å²) in [5.41, 5.74) is 10.9. The quantitative estimate of drug-likeness (QED) is 0.642. The lowest BCUT2D eigenvalue weighted by Gasteiger charge is -2.14. The molecule has 136 valence electrons. The van der Waals surface area contributed by atoms with Crippen molar-refractivity contribution >= 4 is 35.2 Å². The lowest BCUT2D eigenvalue weighted by molar-refractivity contribution is -0.116. The Bertz CT molecular complexity index is 947. The molecule has 5 amide bonds. The first-order valence-corrected chi connectivity index (χ1v) is 7.77. The summed E-state index contributed by atoms with van der Waals surface area (Å²) in [6.07, 6.45) is 0.